The van der Waals surface area contributed by atoms with Crippen molar-refractivity contribution in [1.29, 1.82) is 0 Å². The maximum absolute atomic E-state index is 6.29. The molecule has 1 aromatic carbocycles. The van der Waals surface area contributed by atoms with Crippen LogP contribution in [0.25, 0.3) is 0 Å². The molecule has 0 saturated heterocycles. The summed E-state index contributed by atoms with van der Waals surface area (Å²) in [5, 5.41) is 4.27. The Morgan fingerprint density at radius 1 is 1.44 bits per heavy atom. The molecule has 2 rings (SSSR count). The molecule has 2 N–H and O–H groups in total. The Morgan fingerprint density at radius 2 is 2.22 bits per heavy atom. The minimum Gasteiger partial charge on any atom is -0.324 e. The van der Waals surface area contributed by atoms with E-state index in [4.69, 9.17) is 5.73 Å². The molecule has 96 valence electrons. The molecule has 1 unspecified atom stereocenters. The maximum atomic E-state index is 6.29. The molecule has 0 amide bonds. The molecular formula is C14H18BrN3. The minimum absolute atomic E-state index is 0.0111. The standard InChI is InChI=1S/C14H18BrN3/c1-3-18-9-11(8-17-18)6-14(16)13-7-12(15)5-4-10(13)2/h4-5,7-9,14H,3,6,16H2,1-2H3. The van der Waals surface area contributed by atoms with Crippen molar-refractivity contribution >= 4 is 15.9 Å². The van der Waals surface area contributed by atoms with Gasteiger partial charge in [-0.15, -0.1) is 0 Å². The highest BCUT2D eigenvalue weighted by molar-refractivity contribution is 9.10. The summed E-state index contributed by atoms with van der Waals surface area (Å²) in [6.07, 6.45) is 4.78. The van der Waals surface area contributed by atoms with Crippen LogP contribution in [0.4, 0.5) is 0 Å². The molecule has 0 radical (unpaired) electrons. The SMILES string of the molecule is CCn1cc(CC(N)c2cc(Br)ccc2C)cn1. The number of hydrogen-bond donors (Lipinski definition) is 1. The molecule has 1 heterocycles. The van der Waals surface area contributed by atoms with Crippen LogP contribution >= 0.6 is 15.9 Å². The molecule has 3 nitrogen and oxygen atoms in total. The van der Waals surface area contributed by atoms with Gasteiger partial charge in [0, 0.05) is 23.3 Å². The summed E-state index contributed by atoms with van der Waals surface area (Å²) in [7, 11) is 0. The lowest BCUT2D eigenvalue weighted by atomic mass is 9.97. The highest BCUT2D eigenvalue weighted by Crippen LogP contribution is 2.23. The van der Waals surface area contributed by atoms with Crippen molar-refractivity contribution in [2.24, 2.45) is 5.73 Å². The van der Waals surface area contributed by atoms with Crippen molar-refractivity contribution in [3.8, 4) is 0 Å². The topological polar surface area (TPSA) is 43.8 Å². The zero-order chi connectivity index (χ0) is 13.1. The van der Waals surface area contributed by atoms with Crippen molar-refractivity contribution in [2.75, 3.05) is 0 Å². The van der Waals surface area contributed by atoms with E-state index in [2.05, 4.69) is 53.2 Å². The fourth-order valence-corrected chi connectivity index (χ4v) is 2.44. The van der Waals surface area contributed by atoms with Crippen LogP contribution in [0.1, 0.15) is 29.7 Å². The van der Waals surface area contributed by atoms with Gasteiger partial charge >= 0.3 is 0 Å². The smallest absolute Gasteiger partial charge is 0.0522 e. The molecule has 0 saturated carbocycles. The Morgan fingerprint density at radius 3 is 2.89 bits per heavy atom. The molecule has 1 aromatic heterocycles. The number of aryl methyl sites for hydroxylation is 2. The van der Waals surface area contributed by atoms with E-state index in [1.165, 1.54) is 16.7 Å². The van der Waals surface area contributed by atoms with Crippen LogP contribution in [0, 0.1) is 6.92 Å². The zero-order valence-corrected chi connectivity index (χ0v) is 12.3. The normalized spacial score (nSPS) is 12.7. The first kappa shape index (κ1) is 13.3. The Labute approximate surface area is 116 Å². The third-order valence-corrected chi connectivity index (χ3v) is 3.60. The van der Waals surface area contributed by atoms with Crippen LogP contribution in [-0.4, -0.2) is 9.78 Å². The molecule has 4 heteroatoms. The van der Waals surface area contributed by atoms with Gasteiger partial charge in [0.1, 0.15) is 0 Å². The number of hydrogen-bond acceptors (Lipinski definition) is 2. The van der Waals surface area contributed by atoms with E-state index in [0.29, 0.717) is 0 Å². The monoisotopic (exact) mass is 307 g/mol. The number of benzene rings is 1. The third kappa shape index (κ3) is 3.00. The fourth-order valence-electron chi connectivity index (χ4n) is 2.06. The van der Waals surface area contributed by atoms with Gasteiger partial charge in [0.25, 0.3) is 0 Å². The quantitative estimate of drug-likeness (QED) is 0.942. The lowest BCUT2D eigenvalue weighted by Gasteiger charge is -2.14. The summed E-state index contributed by atoms with van der Waals surface area (Å²) < 4.78 is 3.00. The van der Waals surface area contributed by atoms with Crippen LogP contribution in [0.5, 0.6) is 0 Å². The van der Waals surface area contributed by atoms with Crippen molar-refractivity contribution in [3.63, 3.8) is 0 Å². The molecule has 0 aliphatic rings. The van der Waals surface area contributed by atoms with E-state index in [9.17, 15) is 0 Å². The average Bonchev–Trinajstić information content (AvgIpc) is 2.80. The van der Waals surface area contributed by atoms with Gasteiger partial charge in [0.15, 0.2) is 0 Å². The van der Waals surface area contributed by atoms with Gasteiger partial charge in [-0.1, -0.05) is 22.0 Å². The van der Waals surface area contributed by atoms with E-state index >= 15 is 0 Å². The molecule has 0 fully saturated rings. The van der Waals surface area contributed by atoms with Crippen molar-refractivity contribution in [3.05, 3.63) is 51.8 Å². The zero-order valence-electron chi connectivity index (χ0n) is 10.7. The van der Waals surface area contributed by atoms with Gasteiger partial charge in [-0.2, -0.15) is 5.10 Å². The van der Waals surface area contributed by atoms with Gasteiger partial charge in [-0.25, -0.2) is 0 Å². The summed E-state index contributed by atoms with van der Waals surface area (Å²) in [5.41, 5.74) is 9.89. The van der Waals surface area contributed by atoms with Gasteiger partial charge in [0.2, 0.25) is 0 Å². The minimum atomic E-state index is 0.0111. The maximum Gasteiger partial charge on any atom is 0.0522 e. The number of nitrogens with two attached hydrogens (primary N) is 1. The van der Waals surface area contributed by atoms with Crippen LogP contribution in [0.2, 0.25) is 0 Å². The van der Waals surface area contributed by atoms with E-state index in [1.54, 1.807) is 0 Å². The second-order valence-corrected chi connectivity index (χ2v) is 5.43. The predicted molar refractivity (Wildman–Crippen MR) is 77.4 cm³/mol. The van der Waals surface area contributed by atoms with E-state index in [-0.39, 0.29) is 6.04 Å². The summed E-state index contributed by atoms with van der Waals surface area (Å²) in [6.45, 7) is 5.07. The first-order valence-corrected chi connectivity index (χ1v) is 6.92. The molecule has 0 aliphatic heterocycles. The van der Waals surface area contributed by atoms with E-state index in [1.807, 2.05) is 16.9 Å². The highest BCUT2D eigenvalue weighted by atomic mass is 79.9. The largest absolute Gasteiger partial charge is 0.324 e. The molecule has 0 aliphatic carbocycles. The lowest BCUT2D eigenvalue weighted by Crippen LogP contribution is -2.14. The Hall–Kier alpha value is -1.13. The Kier molecular flexibility index (Phi) is 4.19. The van der Waals surface area contributed by atoms with Crippen molar-refractivity contribution in [2.45, 2.75) is 32.9 Å². The van der Waals surface area contributed by atoms with Crippen LogP contribution in [0.15, 0.2) is 35.1 Å². The second kappa shape index (κ2) is 5.67. The van der Waals surface area contributed by atoms with E-state index < -0.39 is 0 Å². The van der Waals surface area contributed by atoms with Crippen molar-refractivity contribution < 1.29 is 0 Å². The molecule has 0 bridgehead atoms. The number of aromatic nitrogens is 2. The van der Waals surface area contributed by atoms with Gasteiger partial charge < -0.3 is 5.73 Å². The van der Waals surface area contributed by atoms with E-state index in [0.717, 1.165) is 17.4 Å². The van der Waals surface area contributed by atoms with Gasteiger partial charge in [0.05, 0.1) is 6.20 Å². The summed E-state index contributed by atoms with van der Waals surface area (Å²) in [6, 6.07) is 6.25. The highest BCUT2D eigenvalue weighted by Gasteiger charge is 2.11. The van der Waals surface area contributed by atoms with Gasteiger partial charge in [-0.3, -0.25) is 4.68 Å². The molecule has 1 atom stereocenters. The number of nitrogens with zero attached hydrogens (tertiary/aromatic N) is 2. The van der Waals surface area contributed by atoms with Crippen LogP contribution in [0.3, 0.4) is 0 Å². The molecule has 18 heavy (non-hydrogen) atoms. The number of rotatable bonds is 4. The summed E-state index contributed by atoms with van der Waals surface area (Å²) in [4.78, 5) is 0. The first-order chi connectivity index (χ1) is 8.60. The van der Waals surface area contributed by atoms with Crippen LogP contribution in [-0.2, 0) is 13.0 Å². The molecule has 0 spiro atoms. The fraction of sp³-hybridized carbons (Fsp3) is 0.357. The Balaban J connectivity index is 2.16. The van der Waals surface area contributed by atoms with Crippen LogP contribution < -0.4 is 5.73 Å². The second-order valence-electron chi connectivity index (χ2n) is 4.52. The Bertz CT molecular complexity index is 534. The van der Waals surface area contributed by atoms with Gasteiger partial charge in [-0.05, 0) is 49.1 Å². The number of halogens is 1. The summed E-state index contributed by atoms with van der Waals surface area (Å²) >= 11 is 3.49. The predicted octanol–water partition coefficient (Wildman–Crippen LogP) is 3.22. The van der Waals surface area contributed by atoms with Crippen molar-refractivity contribution in [1.82, 2.24) is 9.78 Å². The summed E-state index contributed by atoms with van der Waals surface area (Å²) in [5.74, 6) is 0. The first-order valence-electron chi connectivity index (χ1n) is 6.13. The molecular weight excluding hydrogens is 290 g/mol. The average molecular weight is 308 g/mol. The third-order valence-electron chi connectivity index (χ3n) is 3.11. The molecule has 2 aromatic rings. The lowest BCUT2D eigenvalue weighted by molar-refractivity contribution is 0.657.